The summed E-state index contributed by atoms with van der Waals surface area (Å²) in [6.45, 7) is 1.88. The Balaban J connectivity index is 2.46. The summed E-state index contributed by atoms with van der Waals surface area (Å²) in [5.41, 5.74) is 2.12. The van der Waals surface area contributed by atoms with Crippen LogP contribution in [0.25, 0.3) is 11.3 Å². The van der Waals surface area contributed by atoms with Crippen LogP contribution in [-0.2, 0) is 0 Å². The normalized spacial score (nSPS) is 10.2. The fraction of sp³-hybridized carbons (Fsp3) is 0.0833. The quantitative estimate of drug-likeness (QED) is 0.343. The first kappa shape index (κ1) is 11.1. The van der Waals surface area contributed by atoms with Crippen molar-refractivity contribution >= 4 is 5.69 Å². The minimum atomic E-state index is -0.467. The number of nitro benzene ring substituents is 1. The third-order valence-electron chi connectivity index (χ3n) is 2.45. The van der Waals surface area contributed by atoms with Crippen molar-refractivity contribution in [2.45, 2.75) is 6.92 Å². The molecule has 2 aromatic rings. The van der Waals surface area contributed by atoms with Crippen molar-refractivity contribution in [2.75, 3.05) is 0 Å². The standard InChI is InChI=1S/C12H10N2O3/c1-9-6-7-13(15)12(8-9)10-2-4-11(5-3-10)14(16)17/h2-8H,1H3. The van der Waals surface area contributed by atoms with E-state index in [1.54, 1.807) is 24.3 Å². The van der Waals surface area contributed by atoms with Crippen molar-refractivity contribution in [3.8, 4) is 11.3 Å². The van der Waals surface area contributed by atoms with Crippen LogP contribution < -0.4 is 4.73 Å². The maximum Gasteiger partial charge on any atom is 0.269 e. The van der Waals surface area contributed by atoms with E-state index in [0.717, 1.165) is 10.3 Å². The number of non-ortho nitro benzene ring substituents is 1. The summed E-state index contributed by atoms with van der Waals surface area (Å²) in [6.07, 6.45) is 1.42. The molecule has 0 amide bonds. The molecule has 0 bridgehead atoms. The Labute approximate surface area is 97.7 Å². The van der Waals surface area contributed by atoms with Crippen LogP contribution in [0.3, 0.4) is 0 Å². The van der Waals surface area contributed by atoms with Gasteiger partial charge in [-0.15, -0.1) is 0 Å². The topological polar surface area (TPSA) is 70.1 Å². The zero-order valence-corrected chi connectivity index (χ0v) is 9.16. The maximum absolute atomic E-state index is 11.6. The average Bonchev–Trinajstić information content (AvgIpc) is 2.32. The van der Waals surface area contributed by atoms with E-state index in [1.165, 1.54) is 18.3 Å². The van der Waals surface area contributed by atoms with E-state index in [9.17, 15) is 15.3 Å². The fourth-order valence-electron chi connectivity index (χ4n) is 1.56. The third kappa shape index (κ3) is 2.23. The van der Waals surface area contributed by atoms with Gasteiger partial charge in [-0.1, -0.05) is 0 Å². The summed E-state index contributed by atoms with van der Waals surface area (Å²) in [5, 5.41) is 22.1. The molecule has 0 N–H and O–H groups in total. The lowest BCUT2D eigenvalue weighted by molar-refractivity contribution is -0.593. The number of benzene rings is 1. The first-order valence-electron chi connectivity index (χ1n) is 5.02. The van der Waals surface area contributed by atoms with Crippen molar-refractivity contribution < 1.29 is 9.65 Å². The molecule has 0 saturated heterocycles. The van der Waals surface area contributed by atoms with E-state index in [2.05, 4.69) is 0 Å². The van der Waals surface area contributed by atoms with Gasteiger partial charge in [0.25, 0.3) is 5.69 Å². The lowest BCUT2D eigenvalue weighted by Gasteiger charge is -2.04. The van der Waals surface area contributed by atoms with Crippen LogP contribution in [0.2, 0.25) is 0 Å². The Morgan fingerprint density at radius 3 is 2.41 bits per heavy atom. The molecule has 0 unspecified atom stereocenters. The molecule has 17 heavy (non-hydrogen) atoms. The molecule has 1 heterocycles. The minimum absolute atomic E-state index is 0.0128. The second-order valence-corrected chi connectivity index (χ2v) is 3.72. The second kappa shape index (κ2) is 4.21. The molecule has 0 aliphatic carbocycles. The number of nitrogens with zero attached hydrogens (tertiary/aromatic N) is 2. The predicted molar refractivity (Wildman–Crippen MR) is 62.2 cm³/mol. The lowest BCUT2D eigenvalue weighted by Crippen LogP contribution is -2.28. The number of aryl methyl sites for hydroxylation is 1. The van der Waals surface area contributed by atoms with Crippen LogP contribution >= 0.6 is 0 Å². The van der Waals surface area contributed by atoms with Gasteiger partial charge < -0.3 is 5.21 Å². The first-order chi connectivity index (χ1) is 8.08. The van der Waals surface area contributed by atoms with Crippen LogP contribution in [0.4, 0.5) is 5.69 Å². The highest BCUT2D eigenvalue weighted by Crippen LogP contribution is 2.20. The molecule has 0 saturated carbocycles. The number of hydrogen-bond acceptors (Lipinski definition) is 3. The molecular formula is C12H10N2O3. The molecule has 1 aromatic heterocycles. The number of nitro groups is 1. The van der Waals surface area contributed by atoms with Gasteiger partial charge in [-0.25, -0.2) is 0 Å². The van der Waals surface area contributed by atoms with Crippen LogP contribution in [0, 0.1) is 22.2 Å². The largest absolute Gasteiger partial charge is 0.618 e. The monoisotopic (exact) mass is 230 g/mol. The molecule has 0 radical (unpaired) electrons. The molecule has 0 spiro atoms. The Morgan fingerprint density at radius 2 is 1.82 bits per heavy atom. The molecule has 0 aliphatic rings. The molecule has 5 nitrogen and oxygen atoms in total. The SMILES string of the molecule is Cc1cc[n+]([O-])c(-c2ccc([N+](=O)[O-])cc2)c1. The van der Waals surface area contributed by atoms with Crippen molar-refractivity contribution in [3.63, 3.8) is 0 Å². The van der Waals surface area contributed by atoms with E-state index in [1.807, 2.05) is 6.92 Å². The molecule has 0 atom stereocenters. The number of hydrogen-bond donors (Lipinski definition) is 0. The zero-order chi connectivity index (χ0) is 12.4. The predicted octanol–water partition coefficient (Wildman–Crippen LogP) is 2.20. The van der Waals surface area contributed by atoms with Gasteiger partial charge in [0, 0.05) is 29.8 Å². The van der Waals surface area contributed by atoms with Gasteiger partial charge in [0.1, 0.15) is 0 Å². The maximum atomic E-state index is 11.6. The van der Waals surface area contributed by atoms with Crippen LogP contribution in [0.5, 0.6) is 0 Å². The highest BCUT2D eigenvalue weighted by molar-refractivity contribution is 5.58. The molecule has 5 heteroatoms. The van der Waals surface area contributed by atoms with Crippen molar-refractivity contribution in [1.29, 1.82) is 0 Å². The number of pyridine rings is 1. The smallest absolute Gasteiger partial charge is 0.269 e. The summed E-state index contributed by atoms with van der Waals surface area (Å²) in [6, 6.07) is 9.37. The van der Waals surface area contributed by atoms with Crippen molar-refractivity contribution in [1.82, 2.24) is 0 Å². The summed E-state index contributed by atoms with van der Waals surface area (Å²) in [5.74, 6) is 0. The van der Waals surface area contributed by atoms with Crippen LogP contribution in [0.1, 0.15) is 5.56 Å². The molecule has 0 aliphatic heterocycles. The van der Waals surface area contributed by atoms with Crippen molar-refractivity contribution in [2.24, 2.45) is 0 Å². The van der Waals surface area contributed by atoms with Crippen LogP contribution in [-0.4, -0.2) is 4.92 Å². The van der Waals surface area contributed by atoms with Gasteiger partial charge in [0.15, 0.2) is 6.20 Å². The summed E-state index contributed by atoms with van der Waals surface area (Å²) < 4.78 is 0.744. The highest BCUT2D eigenvalue weighted by Gasteiger charge is 2.11. The molecule has 2 rings (SSSR count). The summed E-state index contributed by atoms with van der Waals surface area (Å²) >= 11 is 0. The van der Waals surface area contributed by atoms with Gasteiger partial charge in [-0.05, 0) is 24.6 Å². The van der Waals surface area contributed by atoms with E-state index in [-0.39, 0.29) is 5.69 Å². The minimum Gasteiger partial charge on any atom is -0.618 e. The Hall–Kier alpha value is -2.43. The van der Waals surface area contributed by atoms with Gasteiger partial charge in [-0.2, -0.15) is 4.73 Å². The van der Waals surface area contributed by atoms with E-state index < -0.39 is 4.92 Å². The van der Waals surface area contributed by atoms with Gasteiger partial charge in [0.2, 0.25) is 5.69 Å². The van der Waals surface area contributed by atoms with Crippen molar-refractivity contribution in [3.05, 3.63) is 63.5 Å². The van der Waals surface area contributed by atoms with E-state index in [4.69, 9.17) is 0 Å². The van der Waals surface area contributed by atoms with Gasteiger partial charge >= 0.3 is 0 Å². The molecule has 1 aromatic carbocycles. The molecule has 86 valence electrons. The number of rotatable bonds is 2. The number of aromatic nitrogens is 1. The van der Waals surface area contributed by atoms with E-state index in [0.29, 0.717) is 11.3 Å². The lowest BCUT2D eigenvalue weighted by atomic mass is 10.1. The van der Waals surface area contributed by atoms with Gasteiger partial charge in [-0.3, -0.25) is 10.1 Å². The third-order valence-corrected chi connectivity index (χ3v) is 2.45. The fourth-order valence-corrected chi connectivity index (χ4v) is 1.56. The van der Waals surface area contributed by atoms with E-state index >= 15 is 0 Å². The molecular weight excluding hydrogens is 220 g/mol. The average molecular weight is 230 g/mol. The molecule has 0 fully saturated rings. The Bertz CT molecular complexity index is 564. The first-order valence-corrected chi connectivity index (χ1v) is 5.02. The van der Waals surface area contributed by atoms with Crippen LogP contribution in [0.15, 0.2) is 42.6 Å². The summed E-state index contributed by atoms with van der Waals surface area (Å²) in [4.78, 5) is 10.0. The second-order valence-electron chi connectivity index (χ2n) is 3.72. The highest BCUT2D eigenvalue weighted by atomic mass is 16.6. The summed E-state index contributed by atoms with van der Waals surface area (Å²) in [7, 11) is 0. The zero-order valence-electron chi connectivity index (χ0n) is 9.16. The Morgan fingerprint density at radius 1 is 1.18 bits per heavy atom. The Kier molecular flexibility index (Phi) is 2.74. The van der Waals surface area contributed by atoms with Gasteiger partial charge in [0.05, 0.1) is 4.92 Å².